The number of halogens is 8. The van der Waals surface area contributed by atoms with E-state index in [-0.39, 0.29) is 0 Å². The van der Waals surface area contributed by atoms with Crippen LogP contribution in [0, 0.1) is 0 Å². The molecule has 0 saturated carbocycles. The predicted octanol–water partition coefficient (Wildman–Crippen LogP) is 4.31. The second-order valence-corrected chi connectivity index (χ2v) is 7.07. The number of phosphoric ester groups is 1. The smallest absolute Gasteiger partial charge is 0.312 e. The van der Waals surface area contributed by atoms with Gasteiger partial charge in [-0.3, -0.25) is 9.05 Å². The number of hydrogen-bond acceptors (Lipinski definition) is 4. The van der Waals surface area contributed by atoms with Gasteiger partial charge in [-0.2, -0.15) is 17.6 Å². The Hall–Kier alpha value is -0.490. The summed E-state index contributed by atoms with van der Waals surface area (Å²) in [5, 5.41) is 3.31. The monoisotopic (exact) mass is 427 g/mol. The lowest BCUT2D eigenvalue weighted by Gasteiger charge is -2.20. The zero-order valence-corrected chi connectivity index (χ0v) is 15.3. The molecule has 0 saturated heterocycles. The summed E-state index contributed by atoms with van der Waals surface area (Å²) in [6.45, 7) is 4.00. The molecular weight excluding hydrogens is 405 g/mol. The van der Waals surface area contributed by atoms with Crippen molar-refractivity contribution in [2.75, 3.05) is 13.2 Å². The summed E-state index contributed by atoms with van der Waals surface area (Å²) in [4.78, 5) is 8.56. The first kappa shape index (κ1) is 27.7. The topological polar surface area (TPSA) is 67.8 Å². The summed E-state index contributed by atoms with van der Waals surface area (Å²) in [7, 11) is -5.59. The number of alkyl halides is 8. The van der Waals surface area contributed by atoms with Gasteiger partial charge in [0, 0.05) is 12.1 Å². The van der Waals surface area contributed by atoms with E-state index in [9.17, 15) is 39.7 Å². The second-order valence-electron chi connectivity index (χ2n) is 5.61. The second kappa shape index (κ2) is 11.4. The molecule has 2 N–H and O–H groups in total. The van der Waals surface area contributed by atoms with E-state index in [1.54, 1.807) is 0 Å². The van der Waals surface area contributed by atoms with Crippen molar-refractivity contribution in [3.8, 4) is 0 Å². The molecule has 0 aromatic heterocycles. The number of phosphoric acid groups is 1. The molecular formula is C12H22F8NO4P. The van der Waals surface area contributed by atoms with Gasteiger partial charge in [-0.15, -0.1) is 0 Å². The SMILES string of the molecule is CC(C)NC(C)C.O=P(O)(OCC(F)(F)C(F)F)OCC(F)(F)C(F)F. The third-order valence-corrected chi connectivity index (χ3v) is 3.06. The van der Waals surface area contributed by atoms with Crippen molar-refractivity contribution < 1.29 is 53.6 Å². The molecule has 0 bridgehead atoms. The minimum Gasteiger partial charge on any atom is -0.312 e. The van der Waals surface area contributed by atoms with Gasteiger partial charge in [0.2, 0.25) is 0 Å². The molecule has 0 spiro atoms. The van der Waals surface area contributed by atoms with Gasteiger partial charge < -0.3 is 10.2 Å². The van der Waals surface area contributed by atoms with E-state index < -0.39 is 45.7 Å². The quantitative estimate of drug-likeness (QED) is 0.402. The summed E-state index contributed by atoms with van der Waals surface area (Å²) >= 11 is 0. The molecule has 14 heteroatoms. The van der Waals surface area contributed by atoms with Crippen LogP contribution in [-0.4, -0.2) is 54.9 Å². The van der Waals surface area contributed by atoms with E-state index in [2.05, 4.69) is 42.1 Å². The lowest BCUT2D eigenvalue weighted by atomic mass is 10.3. The Morgan fingerprint density at radius 1 is 0.846 bits per heavy atom. The lowest BCUT2D eigenvalue weighted by Crippen LogP contribution is -2.33. The van der Waals surface area contributed by atoms with Crippen molar-refractivity contribution in [2.45, 2.75) is 64.5 Å². The van der Waals surface area contributed by atoms with Crippen LogP contribution >= 0.6 is 7.82 Å². The molecule has 160 valence electrons. The lowest BCUT2D eigenvalue weighted by molar-refractivity contribution is -0.161. The highest BCUT2D eigenvalue weighted by Crippen LogP contribution is 2.46. The van der Waals surface area contributed by atoms with Crippen LogP contribution in [0.25, 0.3) is 0 Å². The van der Waals surface area contributed by atoms with Gasteiger partial charge >= 0.3 is 32.5 Å². The molecule has 0 aliphatic heterocycles. The first-order valence-electron chi connectivity index (χ1n) is 7.13. The zero-order valence-electron chi connectivity index (χ0n) is 14.4. The molecule has 0 unspecified atom stereocenters. The fourth-order valence-corrected chi connectivity index (χ4v) is 1.91. The van der Waals surface area contributed by atoms with Crippen molar-refractivity contribution in [3.63, 3.8) is 0 Å². The molecule has 0 aliphatic rings. The Morgan fingerprint density at radius 2 is 1.12 bits per heavy atom. The van der Waals surface area contributed by atoms with Crippen LogP contribution in [0.3, 0.4) is 0 Å². The maximum Gasteiger partial charge on any atom is 0.472 e. The average Bonchev–Trinajstić information content (AvgIpc) is 2.42. The van der Waals surface area contributed by atoms with Crippen molar-refractivity contribution in [2.24, 2.45) is 0 Å². The van der Waals surface area contributed by atoms with Crippen molar-refractivity contribution >= 4 is 7.82 Å². The molecule has 5 nitrogen and oxygen atoms in total. The number of rotatable bonds is 10. The highest BCUT2D eigenvalue weighted by molar-refractivity contribution is 7.47. The molecule has 26 heavy (non-hydrogen) atoms. The van der Waals surface area contributed by atoms with E-state index in [0.29, 0.717) is 12.1 Å². The molecule has 0 amide bonds. The molecule has 0 fully saturated rings. The standard InChI is InChI=1S/C6H7F8O4P.C6H15N/c7-3(8)5(11,12)1-17-19(15,16)18-2-6(13,14)4(9)10;1-5(2)7-6(3)4/h3-4H,1-2H2,(H,15,16);5-7H,1-4H3. The Bertz CT molecular complexity index is 403. The number of nitrogens with one attached hydrogen (secondary N) is 1. The fourth-order valence-electron chi connectivity index (χ4n) is 1.17. The summed E-state index contributed by atoms with van der Waals surface area (Å²) in [6, 6.07) is 1.25. The Labute approximate surface area is 145 Å². The van der Waals surface area contributed by atoms with Gasteiger partial charge in [-0.1, -0.05) is 27.7 Å². The maximum atomic E-state index is 12.2. The van der Waals surface area contributed by atoms with Crippen LogP contribution in [0.2, 0.25) is 0 Å². The fraction of sp³-hybridized carbons (Fsp3) is 1.00. The molecule has 0 radical (unpaired) electrons. The van der Waals surface area contributed by atoms with Crippen LogP contribution in [0.15, 0.2) is 0 Å². The Kier molecular flexibility index (Phi) is 12.1. The van der Waals surface area contributed by atoms with Crippen molar-refractivity contribution in [3.05, 3.63) is 0 Å². The van der Waals surface area contributed by atoms with Crippen molar-refractivity contribution in [1.82, 2.24) is 5.32 Å². The summed E-state index contributed by atoms with van der Waals surface area (Å²) in [5.74, 6) is -9.65. The van der Waals surface area contributed by atoms with Gasteiger partial charge in [0.1, 0.15) is 13.2 Å². The van der Waals surface area contributed by atoms with Gasteiger partial charge in [-0.05, 0) is 0 Å². The highest BCUT2D eigenvalue weighted by Gasteiger charge is 2.46. The Morgan fingerprint density at radius 3 is 1.27 bits per heavy atom. The number of hydrogen-bond donors (Lipinski definition) is 2. The van der Waals surface area contributed by atoms with Crippen LogP contribution in [-0.2, 0) is 13.6 Å². The normalized spacial score (nSPS) is 13.6. The van der Waals surface area contributed by atoms with E-state index in [1.807, 2.05) is 0 Å². The van der Waals surface area contributed by atoms with E-state index in [4.69, 9.17) is 4.89 Å². The van der Waals surface area contributed by atoms with Crippen LogP contribution < -0.4 is 5.32 Å². The van der Waals surface area contributed by atoms with Gasteiger partial charge in [0.05, 0.1) is 0 Å². The van der Waals surface area contributed by atoms with Crippen LogP contribution in [0.5, 0.6) is 0 Å². The molecule has 0 rings (SSSR count). The van der Waals surface area contributed by atoms with Crippen LogP contribution in [0.1, 0.15) is 27.7 Å². The van der Waals surface area contributed by atoms with Crippen molar-refractivity contribution in [1.29, 1.82) is 0 Å². The highest BCUT2D eigenvalue weighted by atomic mass is 31.2. The van der Waals surface area contributed by atoms with Gasteiger partial charge in [-0.25, -0.2) is 22.1 Å². The molecule has 0 atom stereocenters. The van der Waals surface area contributed by atoms with Crippen LogP contribution in [0.4, 0.5) is 35.1 Å². The minimum atomic E-state index is -5.59. The van der Waals surface area contributed by atoms with E-state index in [1.165, 1.54) is 0 Å². The summed E-state index contributed by atoms with van der Waals surface area (Å²) in [5.41, 5.74) is 0. The van der Waals surface area contributed by atoms with Gasteiger partial charge in [0.25, 0.3) is 0 Å². The summed E-state index contributed by atoms with van der Waals surface area (Å²) in [6.07, 6.45) is -8.48. The van der Waals surface area contributed by atoms with E-state index >= 15 is 0 Å². The molecule has 0 heterocycles. The average molecular weight is 427 g/mol. The third-order valence-electron chi connectivity index (χ3n) is 2.15. The van der Waals surface area contributed by atoms with Gasteiger partial charge in [0.15, 0.2) is 0 Å². The zero-order chi connectivity index (χ0) is 21.3. The first-order valence-corrected chi connectivity index (χ1v) is 8.62. The first-order chi connectivity index (χ1) is 11.4. The largest absolute Gasteiger partial charge is 0.472 e. The predicted molar refractivity (Wildman–Crippen MR) is 77.0 cm³/mol. The molecule has 0 aromatic rings. The Balaban J connectivity index is 0. The minimum absolute atomic E-state index is 0.625. The molecule has 0 aromatic carbocycles. The third kappa shape index (κ3) is 13.7. The van der Waals surface area contributed by atoms with E-state index in [0.717, 1.165) is 0 Å². The summed E-state index contributed by atoms with van der Waals surface area (Å²) < 4.78 is 113. The maximum absolute atomic E-state index is 12.2. The molecule has 0 aliphatic carbocycles.